The Kier molecular flexibility index (Phi) is 4.50. The molecule has 0 bridgehead atoms. The van der Waals surface area contributed by atoms with Crippen LogP contribution in [0.4, 0.5) is 5.82 Å². The Morgan fingerprint density at radius 3 is 2.52 bits per heavy atom. The van der Waals surface area contributed by atoms with Crippen LogP contribution in [-0.4, -0.2) is 32.1 Å². The van der Waals surface area contributed by atoms with Crippen LogP contribution < -0.4 is 0 Å². The minimum Gasteiger partial charge on any atom is -0.512 e. The van der Waals surface area contributed by atoms with E-state index in [9.17, 15) is 9.90 Å². The highest BCUT2D eigenvalue weighted by atomic mass is 16.3. The summed E-state index contributed by atoms with van der Waals surface area (Å²) in [6.45, 7) is 2.80. The SMILES string of the molecule is CC(=O)/C(C=Nc1ccnc(-c2ccncc2)n1)=C(\C)O. The predicted molar refractivity (Wildman–Crippen MR) is 79.4 cm³/mol. The number of carbonyl (C=O) groups excluding carboxylic acids is 1. The number of allylic oxidation sites excluding steroid dienone is 2. The number of aromatic nitrogens is 3. The van der Waals surface area contributed by atoms with E-state index in [0.717, 1.165) is 5.56 Å². The van der Waals surface area contributed by atoms with Gasteiger partial charge in [0.15, 0.2) is 17.4 Å². The zero-order valence-corrected chi connectivity index (χ0v) is 11.7. The first-order chi connectivity index (χ1) is 10.1. The van der Waals surface area contributed by atoms with Crippen LogP contribution >= 0.6 is 0 Å². The summed E-state index contributed by atoms with van der Waals surface area (Å²) in [5, 5.41) is 9.42. The summed E-state index contributed by atoms with van der Waals surface area (Å²) in [5.74, 6) is 0.578. The second-order valence-corrected chi connectivity index (χ2v) is 4.29. The Morgan fingerprint density at radius 2 is 1.90 bits per heavy atom. The van der Waals surface area contributed by atoms with E-state index in [-0.39, 0.29) is 17.1 Å². The van der Waals surface area contributed by atoms with E-state index in [2.05, 4.69) is 19.9 Å². The molecular weight excluding hydrogens is 268 g/mol. The standard InChI is InChI=1S/C15H14N4O2/c1-10(20)13(11(2)21)9-18-14-5-8-17-15(19-14)12-3-6-16-7-4-12/h3-9,20H,1-2H3/b13-10+,18-9?. The molecular formula is C15H14N4O2. The molecule has 0 saturated heterocycles. The van der Waals surface area contributed by atoms with Crippen molar-refractivity contribution in [2.24, 2.45) is 4.99 Å². The maximum absolute atomic E-state index is 11.3. The molecule has 1 N–H and O–H groups in total. The van der Waals surface area contributed by atoms with Gasteiger partial charge < -0.3 is 5.11 Å². The van der Waals surface area contributed by atoms with Gasteiger partial charge in [0, 0.05) is 36.4 Å². The lowest BCUT2D eigenvalue weighted by molar-refractivity contribution is -0.113. The number of aliphatic hydroxyl groups excluding tert-OH is 1. The van der Waals surface area contributed by atoms with Gasteiger partial charge in [-0.1, -0.05) is 0 Å². The number of pyridine rings is 1. The number of Topliss-reactive ketones (excluding diaryl/α,β-unsaturated/α-hetero) is 1. The molecule has 6 heteroatoms. The van der Waals surface area contributed by atoms with Gasteiger partial charge in [0.05, 0.1) is 5.57 Å². The number of carbonyl (C=O) groups is 1. The molecule has 2 aromatic rings. The van der Waals surface area contributed by atoms with Gasteiger partial charge in [0.1, 0.15) is 5.76 Å². The Morgan fingerprint density at radius 1 is 1.19 bits per heavy atom. The number of rotatable bonds is 4. The first-order valence-electron chi connectivity index (χ1n) is 6.26. The van der Waals surface area contributed by atoms with Crippen molar-refractivity contribution in [3.63, 3.8) is 0 Å². The molecule has 0 amide bonds. The highest BCUT2D eigenvalue weighted by Crippen LogP contribution is 2.16. The molecule has 0 unspecified atom stereocenters. The second kappa shape index (κ2) is 6.51. The molecule has 6 nitrogen and oxygen atoms in total. The van der Waals surface area contributed by atoms with Gasteiger partial charge in [-0.05, 0) is 26.0 Å². The average molecular weight is 282 g/mol. The number of hydrogen-bond donors (Lipinski definition) is 1. The molecule has 2 aromatic heterocycles. The fourth-order valence-corrected chi connectivity index (χ4v) is 1.63. The molecule has 2 rings (SSSR count). The van der Waals surface area contributed by atoms with E-state index in [4.69, 9.17) is 0 Å². The Bertz CT molecular complexity index is 705. The van der Waals surface area contributed by atoms with Crippen molar-refractivity contribution in [1.29, 1.82) is 0 Å². The lowest BCUT2D eigenvalue weighted by atomic mass is 10.2. The van der Waals surface area contributed by atoms with Crippen molar-refractivity contribution in [2.45, 2.75) is 13.8 Å². The molecule has 0 aliphatic heterocycles. The van der Waals surface area contributed by atoms with Crippen molar-refractivity contribution in [1.82, 2.24) is 15.0 Å². The summed E-state index contributed by atoms with van der Waals surface area (Å²) < 4.78 is 0. The van der Waals surface area contributed by atoms with Crippen LogP contribution in [0.15, 0.2) is 53.1 Å². The van der Waals surface area contributed by atoms with Gasteiger partial charge >= 0.3 is 0 Å². The second-order valence-electron chi connectivity index (χ2n) is 4.29. The highest BCUT2D eigenvalue weighted by Gasteiger charge is 2.05. The Balaban J connectivity index is 2.31. The molecule has 0 atom stereocenters. The minimum atomic E-state index is -0.262. The Hall–Kier alpha value is -2.89. The molecule has 0 aromatic carbocycles. The highest BCUT2D eigenvalue weighted by molar-refractivity contribution is 6.12. The number of aliphatic imine (C=N–C) groups is 1. The zero-order valence-electron chi connectivity index (χ0n) is 11.7. The van der Waals surface area contributed by atoms with Crippen molar-refractivity contribution in [3.05, 3.63) is 48.1 Å². The van der Waals surface area contributed by atoms with Gasteiger partial charge in [-0.2, -0.15) is 0 Å². The van der Waals surface area contributed by atoms with E-state index in [1.54, 1.807) is 36.8 Å². The van der Waals surface area contributed by atoms with Crippen LogP contribution in [0.2, 0.25) is 0 Å². The fraction of sp³-hybridized carbons (Fsp3) is 0.133. The first kappa shape index (κ1) is 14.5. The molecule has 0 saturated carbocycles. The van der Waals surface area contributed by atoms with Crippen molar-refractivity contribution in [2.75, 3.05) is 0 Å². The monoisotopic (exact) mass is 282 g/mol. The van der Waals surface area contributed by atoms with Crippen LogP contribution in [0, 0.1) is 0 Å². The Labute approximate surface area is 121 Å². The van der Waals surface area contributed by atoms with Gasteiger partial charge in [-0.15, -0.1) is 0 Å². The van der Waals surface area contributed by atoms with Crippen LogP contribution in [0.5, 0.6) is 0 Å². The van der Waals surface area contributed by atoms with E-state index in [1.807, 2.05) is 0 Å². The van der Waals surface area contributed by atoms with Crippen molar-refractivity contribution >= 4 is 17.8 Å². The summed E-state index contributed by atoms with van der Waals surface area (Å²) in [5.41, 5.74) is 0.974. The van der Waals surface area contributed by atoms with Crippen LogP contribution in [0.1, 0.15) is 13.8 Å². The number of aliphatic hydroxyl groups is 1. The smallest absolute Gasteiger partial charge is 0.164 e. The molecule has 0 radical (unpaired) electrons. The lowest BCUT2D eigenvalue weighted by Gasteiger charge is -2.01. The van der Waals surface area contributed by atoms with E-state index < -0.39 is 0 Å². The largest absolute Gasteiger partial charge is 0.512 e. The van der Waals surface area contributed by atoms with Crippen LogP contribution in [0.25, 0.3) is 11.4 Å². The normalized spacial score (nSPS) is 12.3. The number of nitrogens with zero attached hydrogens (tertiary/aromatic N) is 4. The van der Waals surface area contributed by atoms with E-state index in [1.165, 1.54) is 20.1 Å². The topological polar surface area (TPSA) is 88.3 Å². The molecule has 0 aliphatic rings. The first-order valence-corrected chi connectivity index (χ1v) is 6.26. The summed E-state index contributed by atoms with van der Waals surface area (Å²) >= 11 is 0. The number of ketones is 1. The fourth-order valence-electron chi connectivity index (χ4n) is 1.63. The summed E-state index contributed by atoms with van der Waals surface area (Å²) in [6, 6.07) is 5.20. The molecule has 0 aliphatic carbocycles. The average Bonchev–Trinajstić information content (AvgIpc) is 2.48. The van der Waals surface area contributed by atoms with Gasteiger partial charge in [0.25, 0.3) is 0 Å². The third kappa shape index (κ3) is 3.79. The van der Waals surface area contributed by atoms with Crippen molar-refractivity contribution in [3.8, 4) is 11.4 Å². The van der Waals surface area contributed by atoms with Gasteiger partial charge in [-0.25, -0.2) is 15.0 Å². The predicted octanol–water partition coefficient (Wildman–Crippen LogP) is 2.66. The van der Waals surface area contributed by atoms with Crippen molar-refractivity contribution < 1.29 is 9.90 Å². The number of hydrogen-bond acceptors (Lipinski definition) is 6. The molecule has 2 heterocycles. The van der Waals surface area contributed by atoms with Gasteiger partial charge in [-0.3, -0.25) is 9.78 Å². The summed E-state index contributed by atoms with van der Waals surface area (Å²) in [4.78, 5) is 27.8. The minimum absolute atomic E-state index is 0.0744. The van der Waals surface area contributed by atoms with E-state index >= 15 is 0 Å². The maximum Gasteiger partial charge on any atom is 0.164 e. The van der Waals surface area contributed by atoms with Crippen LogP contribution in [0.3, 0.4) is 0 Å². The summed E-state index contributed by atoms with van der Waals surface area (Å²) in [7, 11) is 0. The lowest BCUT2D eigenvalue weighted by Crippen LogP contribution is -2.01. The molecule has 0 fully saturated rings. The molecule has 0 spiro atoms. The van der Waals surface area contributed by atoms with Gasteiger partial charge in [0.2, 0.25) is 0 Å². The molecule has 106 valence electrons. The quantitative estimate of drug-likeness (QED) is 0.529. The third-order valence-electron chi connectivity index (χ3n) is 2.67. The third-order valence-corrected chi connectivity index (χ3v) is 2.67. The van der Waals surface area contributed by atoms with E-state index in [0.29, 0.717) is 11.6 Å². The van der Waals surface area contributed by atoms with Crippen LogP contribution in [-0.2, 0) is 4.79 Å². The maximum atomic E-state index is 11.3. The molecule has 21 heavy (non-hydrogen) atoms. The zero-order chi connectivity index (χ0) is 15.2. The summed E-state index contributed by atoms with van der Waals surface area (Å²) in [6.07, 6.45) is 6.19.